The molecule has 6 nitrogen and oxygen atoms in total. The molecule has 8 heteroatoms. The van der Waals surface area contributed by atoms with Crippen LogP contribution in [0.2, 0.25) is 5.02 Å². The van der Waals surface area contributed by atoms with Crippen LogP contribution in [0.1, 0.15) is 17.9 Å². The highest BCUT2D eigenvalue weighted by Gasteiger charge is 2.45. The minimum atomic E-state index is -3.89. The fourth-order valence-corrected chi connectivity index (χ4v) is 3.71. The molecule has 0 unspecified atom stereocenters. The molecule has 1 heterocycles. The van der Waals surface area contributed by atoms with Gasteiger partial charge in [0.2, 0.25) is 5.91 Å². The van der Waals surface area contributed by atoms with Gasteiger partial charge < -0.3 is 0 Å². The van der Waals surface area contributed by atoms with Gasteiger partial charge >= 0.3 is 0 Å². The molecule has 0 saturated heterocycles. The van der Waals surface area contributed by atoms with E-state index in [1.54, 1.807) is 24.0 Å². The number of aryl methyl sites for hydroxylation is 1. The molecule has 116 valence electrons. The third-order valence-corrected chi connectivity index (χ3v) is 5.20. The lowest BCUT2D eigenvalue weighted by Gasteiger charge is -2.06. The Bertz CT molecular complexity index is 831. The van der Waals surface area contributed by atoms with Crippen LogP contribution in [-0.4, -0.2) is 24.1 Å². The van der Waals surface area contributed by atoms with Gasteiger partial charge in [0, 0.05) is 24.2 Å². The lowest BCUT2D eigenvalue weighted by molar-refractivity contribution is -0.120. The highest BCUT2D eigenvalue weighted by atomic mass is 35.5. The molecular weight excluding hydrogens is 326 g/mol. The maximum Gasteiger partial charge on any atom is 0.264 e. The van der Waals surface area contributed by atoms with Crippen molar-refractivity contribution >= 4 is 27.5 Å². The summed E-state index contributed by atoms with van der Waals surface area (Å²) in [7, 11) is -2.10. The van der Waals surface area contributed by atoms with E-state index in [-0.39, 0.29) is 16.7 Å². The zero-order valence-corrected chi connectivity index (χ0v) is 13.3. The highest BCUT2D eigenvalue weighted by molar-refractivity contribution is 7.90. The quantitative estimate of drug-likeness (QED) is 0.919. The van der Waals surface area contributed by atoms with Crippen molar-refractivity contribution in [1.29, 1.82) is 0 Å². The molecule has 3 rings (SSSR count). The van der Waals surface area contributed by atoms with E-state index in [0.717, 1.165) is 5.56 Å². The molecule has 1 aromatic carbocycles. The van der Waals surface area contributed by atoms with Crippen LogP contribution >= 0.6 is 11.6 Å². The molecule has 1 fully saturated rings. The van der Waals surface area contributed by atoms with Crippen molar-refractivity contribution in [1.82, 2.24) is 14.5 Å². The number of nitrogens with zero attached hydrogens (tertiary/aromatic N) is 2. The number of hydrogen-bond donors (Lipinski definition) is 1. The summed E-state index contributed by atoms with van der Waals surface area (Å²) in [5.41, 5.74) is 0.947. The fraction of sp³-hybridized carbons (Fsp3) is 0.286. The SMILES string of the molecule is Cn1cc([C@H]2C[C@@H]2C(=O)NS(=O)(=O)c2cccc(Cl)c2)cn1. The van der Waals surface area contributed by atoms with Crippen LogP contribution < -0.4 is 4.72 Å². The first kappa shape index (κ1) is 15.1. The van der Waals surface area contributed by atoms with Crippen LogP contribution in [-0.2, 0) is 21.9 Å². The predicted octanol–water partition coefficient (Wildman–Crippen LogP) is 1.68. The number of aromatic nitrogens is 2. The molecule has 1 aliphatic rings. The van der Waals surface area contributed by atoms with E-state index in [2.05, 4.69) is 9.82 Å². The van der Waals surface area contributed by atoms with Crippen LogP contribution in [0.15, 0.2) is 41.6 Å². The molecule has 2 aromatic rings. The van der Waals surface area contributed by atoms with E-state index in [1.807, 2.05) is 6.20 Å². The predicted molar refractivity (Wildman–Crippen MR) is 80.8 cm³/mol. The Morgan fingerprint density at radius 1 is 1.45 bits per heavy atom. The Balaban J connectivity index is 1.70. The Kier molecular flexibility index (Phi) is 3.70. The zero-order valence-electron chi connectivity index (χ0n) is 11.7. The topological polar surface area (TPSA) is 81.1 Å². The van der Waals surface area contributed by atoms with Gasteiger partial charge in [-0.25, -0.2) is 13.1 Å². The van der Waals surface area contributed by atoms with Crippen LogP contribution in [0, 0.1) is 5.92 Å². The lowest BCUT2D eigenvalue weighted by atomic mass is 10.2. The van der Waals surface area contributed by atoms with Gasteiger partial charge in [0.05, 0.1) is 11.1 Å². The normalized spacial score (nSPS) is 20.6. The Morgan fingerprint density at radius 3 is 2.86 bits per heavy atom. The first-order valence-electron chi connectivity index (χ1n) is 6.67. The van der Waals surface area contributed by atoms with E-state index < -0.39 is 15.9 Å². The fourth-order valence-electron chi connectivity index (χ4n) is 2.39. The smallest absolute Gasteiger partial charge is 0.264 e. The summed E-state index contributed by atoms with van der Waals surface area (Å²) in [6.45, 7) is 0. The van der Waals surface area contributed by atoms with E-state index in [0.29, 0.717) is 11.4 Å². The molecule has 0 radical (unpaired) electrons. The molecule has 22 heavy (non-hydrogen) atoms. The van der Waals surface area contributed by atoms with Gasteiger partial charge in [-0.2, -0.15) is 5.10 Å². The summed E-state index contributed by atoms with van der Waals surface area (Å²) in [6.07, 6.45) is 4.16. The molecule has 1 aliphatic carbocycles. The van der Waals surface area contributed by atoms with Gasteiger partial charge in [-0.3, -0.25) is 9.48 Å². The first-order chi connectivity index (χ1) is 10.4. The molecule has 0 aliphatic heterocycles. The van der Waals surface area contributed by atoms with E-state index >= 15 is 0 Å². The zero-order chi connectivity index (χ0) is 15.9. The number of benzene rings is 1. The Hall–Kier alpha value is -1.86. The average molecular weight is 340 g/mol. The molecule has 1 amide bonds. The molecular formula is C14H14ClN3O3S. The van der Waals surface area contributed by atoms with Gasteiger partial charge in [-0.05, 0) is 36.1 Å². The van der Waals surface area contributed by atoms with Crippen molar-refractivity contribution < 1.29 is 13.2 Å². The molecule has 1 saturated carbocycles. The summed E-state index contributed by atoms with van der Waals surface area (Å²) < 4.78 is 28.1. The lowest BCUT2D eigenvalue weighted by Crippen LogP contribution is -2.32. The monoisotopic (exact) mass is 339 g/mol. The van der Waals surface area contributed by atoms with E-state index in [4.69, 9.17) is 11.6 Å². The van der Waals surface area contributed by atoms with Gasteiger partial charge in [0.15, 0.2) is 0 Å². The van der Waals surface area contributed by atoms with Gasteiger partial charge in [-0.15, -0.1) is 0 Å². The van der Waals surface area contributed by atoms with Crippen molar-refractivity contribution in [3.63, 3.8) is 0 Å². The van der Waals surface area contributed by atoms with Crippen molar-refractivity contribution in [2.75, 3.05) is 0 Å². The molecule has 2 atom stereocenters. The molecule has 1 aromatic heterocycles. The second kappa shape index (κ2) is 5.40. The first-order valence-corrected chi connectivity index (χ1v) is 8.54. The van der Waals surface area contributed by atoms with E-state index in [1.165, 1.54) is 18.2 Å². The van der Waals surface area contributed by atoms with Crippen molar-refractivity contribution in [2.45, 2.75) is 17.2 Å². The van der Waals surface area contributed by atoms with Crippen LogP contribution in [0.5, 0.6) is 0 Å². The minimum Gasteiger partial charge on any atom is -0.276 e. The van der Waals surface area contributed by atoms with Gasteiger partial charge in [0.1, 0.15) is 0 Å². The Labute approximate surface area is 133 Å². The van der Waals surface area contributed by atoms with Crippen LogP contribution in [0.25, 0.3) is 0 Å². The number of hydrogen-bond acceptors (Lipinski definition) is 4. The number of carbonyl (C=O) groups is 1. The second-order valence-corrected chi connectivity index (χ2v) is 7.44. The summed E-state index contributed by atoms with van der Waals surface area (Å²) in [5, 5.41) is 4.36. The van der Waals surface area contributed by atoms with Crippen molar-refractivity contribution in [2.24, 2.45) is 13.0 Å². The maximum absolute atomic E-state index is 12.2. The molecule has 1 N–H and O–H groups in total. The Morgan fingerprint density at radius 2 is 2.23 bits per heavy atom. The number of amides is 1. The van der Waals surface area contributed by atoms with Gasteiger partial charge in [0.25, 0.3) is 10.0 Å². The number of nitrogens with one attached hydrogen (secondary N) is 1. The number of halogens is 1. The number of rotatable bonds is 4. The van der Waals surface area contributed by atoms with Crippen LogP contribution in [0.3, 0.4) is 0 Å². The summed E-state index contributed by atoms with van der Waals surface area (Å²) >= 11 is 5.78. The van der Waals surface area contributed by atoms with E-state index in [9.17, 15) is 13.2 Å². The van der Waals surface area contributed by atoms with Crippen molar-refractivity contribution in [3.8, 4) is 0 Å². The second-order valence-electron chi connectivity index (χ2n) is 5.32. The third kappa shape index (κ3) is 3.00. The number of carbonyl (C=O) groups excluding carboxylic acids is 1. The number of sulfonamides is 1. The summed E-state index contributed by atoms with van der Waals surface area (Å²) in [5.74, 6) is -0.796. The molecule has 0 bridgehead atoms. The van der Waals surface area contributed by atoms with Gasteiger partial charge in [-0.1, -0.05) is 17.7 Å². The average Bonchev–Trinajstić information content (AvgIpc) is 3.14. The standard InChI is InChI=1S/C14H14ClN3O3S/c1-18-8-9(7-16-18)12-6-13(12)14(19)17-22(20,21)11-4-2-3-10(15)5-11/h2-5,7-8,12-13H,6H2,1H3,(H,17,19)/t12-,13+/m1/s1. The van der Waals surface area contributed by atoms with Crippen molar-refractivity contribution in [3.05, 3.63) is 47.2 Å². The summed E-state index contributed by atoms with van der Waals surface area (Å²) in [6, 6.07) is 5.80. The highest BCUT2D eigenvalue weighted by Crippen LogP contribution is 2.47. The van der Waals surface area contributed by atoms with Crippen LogP contribution in [0.4, 0.5) is 0 Å². The third-order valence-electron chi connectivity index (χ3n) is 3.62. The largest absolute Gasteiger partial charge is 0.276 e. The maximum atomic E-state index is 12.2. The minimum absolute atomic E-state index is 0.0214. The summed E-state index contributed by atoms with van der Waals surface area (Å²) in [4.78, 5) is 12.1. The molecule has 0 spiro atoms.